The first-order valence-corrected chi connectivity index (χ1v) is 6.97. The molecular formula is C15H16F5NO3. The van der Waals surface area contributed by atoms with E-state index in [1.54, 1.807) is 0 Å². The number of halogens is 5. The van der Waals surface area contributed by atoms with Gasteiger partial charge in [0, 0.05) is 17.4 Å². The van der Waals surface area contributed by atoms with E-state index in [-0.39, 0.29) is 5.56 Å². The summed E-state index contributed by atoms with van der Waals surface area (Å²) in [6, 6.07) is 1.78. The molecule has 24 heavy (non-hydrogen) atoms. The highest BCUT2D eigenvalue weighted by Crippen LogP contribution is 2.54. The van der Waals surface area contributed by atoms with Crippen molar-refractivity contribution >= 4 is 5.91 Å². The van der Waals surface area contributed by atoms with Crippen LogP contribution in [0.25, 0.3) is 0 Å². The van der Waals surface area contributed by atoms with Crippen LogP contribution in [0.4, 0.5) is 22.0 Å². The minimum absolute atomic E-state index is 0.143. The number of hydrogen-bond donors (Lipinski definition) is 1. The Balaban J connectivity index is 2.65. The third-order valence-electron chi connectivity index (χ3n) is 4.57. The standard InChI is InChI=1S/C15H16F5NO3/c1-6-9(7-4-5-8(16)10(17)11(7)23-3)12(13(21)22)24-14(6,2)15(18,19)20/h4-6,9,12H,1-3H3,(H2,21,22)/t6-,9-,12+,14+/m0/s1/i/hD. The van der Waals surface area contributed by atoms with Gasteiger partial charge in [0.1, 0.15) is 6.10 Å². The highest BCUT2D eigenvalue weighted by Gasteiger charge is 2.65. The van der Waals surface area contributed by atoms with Gasteiger partial charge >= 0.3 is 6.18 Å². The van der Waals surface area contributed by atoms with E-state index in [2.05, 4.69) is 0 Å². The summed E-state index contributed by atoms with van der Waals surface area (Å²) in [5.41, 5.74) is -1.37. The van der Waals surface area contributed by atoms with Crippen LogP contribution in [0.5, 0.6) is 5.75 Å². The SMILES string of the molecule is [2H]NC(=O)[C@@H]1O[C@@](C)(C(F)(F)F)[C@@H](C)[C@H]1c1ccc(F)c(F)c1OC. The summed E-state index contributed by atoms with van der Waals surface area (Å²) in [5, 5.41) is 0. The fourth-order valence-electron chi connectivity index (χ4n) is 3.04. The summed E-state index contributed by atoms with van der Waals surface area (Å²) in [7, 11) is 1.03. The Kier molecular flexibility index (Phi) is 4.15. The smallest absolute Gasteiger partial charge is 0.417 e. The van der Waals surface area contributed by atoms with Crippen LogP contribution in [0.1, 0.15) is 25.3 Å². The quantitative estimate of drug-likeness (QED) is 0.849. The molecule has 9 heteroatoms. The predicted octanol–water partition coefficient (Wildman–Crippen LogP) is 2.90. The molecule has 1 aliphatic heterocycles. The van der Waals surface area contributed by atoms with Crippen molar-refractivity contribution in [2.24, 2.45) is 11.6 Å². The number of methoxy groups -OCH3 is 1. The van der Waals surface area contributed by atoms with Crippen molar-refractivity contribution in [1.82, 2.24) is 0 Å². The zero-order valence-corrected chi connectivity index (χ0v) is 13.0. The van der Waals surface area contributed by atoms with Gasteiger partial charge in [-0.05, 0) is 13.0 Å². The fraction of sp³-hybridized carbons (Fsp3) is 0.533. The van der Waals surface area contributed by atoms with E-state index in [0.29, 0.717) is 0 Å². The van der Waals surface area contributed by atoms with Crippen molar-refractivity contribution in [3.05, 3.63) is 29.3 Å². The first-order valence-electron chi connectivity index (χ1n) is 7.47. The average molecular weight is 354 g/mol. The lowest BCUT2D eigenvalue weighted by Crippen LogP contribution is -2.47. The molecule has 2 N–H and O–H groups in total. The van der Waals surface area contributed by atoms with Crippen molar-refractivity contribution in [3.8, 4) is 5.75 Å². The maximum Gasteiger partial charge on any atom is 0.417 e. The van der Waals surface area contributed by atoms with E-state index < -0.39 is 53.0 Å². The third-order valence-corrected chi connectivity index (χ3v) is 4.57. The van der Waals surface area contributed by atoms with Crippen molar-refractivity contribution < 1.29 is 37.6 Å². The Bertz CT molecular complexity index is 684. The van der Waals surface area contributed by atoms with Gasteiger partial charge in [-0.1, -0.05) is 13.0 Å². The number of rotatable bonds is 3. The van der Waals surface area contributed by atoms with E-state index >= 15 is 0 Å². The van der Waals surface area contributed by atoms with Gasteiger partial charge in [0.2, 0.25) is 11.7 Å². The maximum atomic E-state index is 14.0. The van der Waals surface area contributed by atoms with Gasteiger partial charge in [0.15, 0.2) is 18.6 Å². The van der Waals surface area contributed by atoms with E-state index in [1.807, 2.05) is 0 Å². The van der Waals surface area contributed by atoms with Crippen LogP contribution in [-0.2, 0) is 9.53 Å². The molecule has 2 rings (SSSR count). The molecule has 1 amide bonds. The maximum absolute atomic E-state index is 14.0. The van der Waals surface area contributed by atoms with Crippen LogP contribution >= 0.6 is 0 Å². The number of benzene rings is 1. The number of nitrogens with two attached hydrogens (primary N) is 1. The largest absolute Gasteiger partial charge is 0.493 e. The molecule has 0 spiro atoms. The van der Waals surface area contributed by atoms with Gasteiger partial charge in [-0.3, -0.25) is 4.79 Å². The summed E-state index contributed by atoms with van der Waals surface area (Å²) < 4.78 is 84.6. The Morgan fingerprint density at radius 3 is 2.54 bits per heavy atom. The molecule has 1 saturated heterocycles. The number of hydrogen-bond acceptors (Lipinski definition) is 3. The molecule has 1 fully saturated rings. The highest BCUT2D eigenvalue weighted by atomic mass is 19.4. The molecule has 0 saturated carbocycles. The normalized spacial score (nSPS) is 30.8. The van der Waals surface area contributed by atoms with Crippen LogP contribution in [-0.4, -0.2) is 30.9 Å². The predicted molar refractivity (Wildman–Crippen MR) is 73.3 cm³/mol. The molecule has 4 nitrogen and oxygen atoms in total. The van der Waals surface area contributed by atoms with Gasteiger partial charge in [-0.15, -0.1) is 0 Å². The third kappa shape index (κ3) is 2.60. The molecule has 1 heterocycles. The molecule has 0 aromatic heterocycles. The van der Waals surface area contributed by atoms with Crippen LogP contribution in [0.15, 0.2) is 12.1 Å². The van der Waals surface area contributed by atoms with Crippen molar-refractivity contribution in [1.29, 1.82) is 0 Å². The summed E-state index contributed by atoms with van der Waals surface area (Å²) in [5.74, 6) is -6.99. The minimum atomic E-state index is -4.83. The summed E-state index contributed by atoms with van der Waals surface area (Å²) in [6.45, 7) is 1.96. The summed E-state index contributed by atoms with van der Waals surface area (Å²) >= 11 is 0. The molecule has 1 aromatic carbocycles. The minimum Gasteiger partial charge on any atom is -0.493 e. The summed E-state index contributed by atoms with van der Waals surface area (Å²) in [4.78, 5) is 11.9. The first-order chi connectivity index (χ1) is 11.5. The van der Waals surface area contributed by atoms with Gasteiger partial charge in [-0.2, -0.15) is 17.6 Å². The van der Waals surface area contributed by atoms with Crippen molar-refractivity contribution in [2.75, 3.05) is 7.11 Å². The second kappa shape index (κ2) is 5.87. The Morgan fingerprint density at radius 1 is 1.42 bits per heavy atom. The molecule has 0 bridgehead atoms. The molecule has 0 aliphatic carbocycles. The second-order valence-corrected chi connectivity index (χ2v) is 5.81. The van der Waals surface area contributed by atoms with E-state index in [1.165, 1.54) is 12.7 Å². The van der Waals surface area contributed by atoms with E-state index in [9.17, 15) is 26.7 Å². The van der Waals surface area contributed by atoms with Crippen molar-refractivity contribution in [3.63, 3.8) is 0 Å². The number of ether oxygens (including phenoxy) is 2. The van der Waals surface area contributed by atoms with E-state index in [0.717, 1.165) is 26.2 Å². The van der Waals surface area contributed by atoms with Crippen LogP contribution in [0.3, 0.4) is 0 Å². The summed E-state index contributed by atoms with van der Waals surface area (Å²) in [6.07, 6.45) is -6.55. The lowest BCUT2D eigenvalue weighted by Gasteiger charge is -2.32. The second-order valence-electron chi connectivity index (χ2n) is 5.81. The zero-order valence-electron chi connectivity index (χ0n) is 14.0. The van der Waals surface area contributed by atoms with E-state index in [4.69, 9.17) is 10.9 Å². The number of primary amides is 1. The van der Waals surface area contributed by atoms with Crippen LogP contribution in [0, 0.1) is 17.6 Å². The molecule has 1 aromatic rings. The van der Waals surface area contributed by atoms with Gasteiger partial charge in [-0.25, -0.2) is 4.39 Å². The molecular weight excluding hydrogens is 337 g/mol. The topological polar surface area (TPSA) is 61.6 Å². The van der Waals surface area contributed by atoms with Gasteiger partial charge < -0.3 is 15.2 Å². The number of carbonyl (C=O) groups is 1. The zero-order chi connectivity index (χ0) is 19.2. The molecule has 1 aliphatic rings. The Morgan fingerprint density at radius 2 is 2.04 bits per heavy atom. The van der Waals surface area contributed by atoms with Crippen LogP contribution < -0.4 is 10.5 Å². The highest BCUT2D eigenvalue weighted by molar-refractivity contribution is 5.81. The average Bonchev–Trinajstić information content (AvgIpc) is 2.82. The monoisotopic (exact) mass is 354 g/mol. The number of alkyl halides is 3. The lowest BCUT2D eigenvalue weighted by molar-refractivity contribution is -0.272. The van der Waals surface area contributed by atoms with Crippen molar-refractivity contribution in [2.45, 2.75) is 37.6 Å². The lowest BCUT2D eigenvalue weighted by atomic mass is 9.77. The first kappa shape index (κ1) is 16.9. The Hall–Kier alpha value is -1.90. The van der Waals surface area contributed by atoms with Gasteiger partial charge in [0.25, 0.3) is 0 Å². The molecule has 4 atom stereocenters. The Labute approximate surface area is 136 Å². The van der Waals surface area contributed by atoms with Gasteiger partial charge in [0.05, 0.1) is 7.11 Å². The fourth-order valence-corrected chi connectivity index (χ4v) is 3.04. The molecule has 0 unspecified atom stereocenters. The number of amides is 1. The molecule has 0 radical (unpaired) electrons. The molecule has 134 valence electrons. The number of carbonyl (C=O) groups excluding carboxylic acids is 1. The van der Waals surface area contributed by atoms with Crippen LogP contribution in [0.2, 0.25) is 1.41 Å².